The number of hydrogen-bond donors (Lipinski definition) is 2. The number of aromatic nitrogens is 3. The average molecular weight is 433 g/mol. The van der Waals surface area contributed by atoms with Gasteiger partial charge in [-0.1, -0.05) is 0 Å². The van der Waals surface area contributed by atoms with Gasteiger partial charge in [-0.05, 0) is 32.0 Å². The van der Waals surface area contributed by atoms with E-state index in [9.17, 15) is 13.6 Å². The maximum atomic E-state index is 12.4. The molecule has 1 aliphatic rings. The van der Waals surface area contributed by atoms with Crippen molar-refractivity contribution in [2.75, 3.05) is 23.7 Å². The number of aryl methyl sites for hydroxylation is 1. The Balaban J connectivity index is 1.84. The van der Waals surface area contributed by atoms with Crippen LogP contribution in [0.1, 0.15) is 25.5 Å². The fourth-order valence-corrected chi connectivity index (χ4v) is 4.10. The summed E-state index contributed by atoms with van der Waals surface area (Å²) in [7, 11) is -3.47. The number of rotatable bonds is 6. The number of H-pyrrole nitrogens is 1. The van der Waals surface area contributed by atoms with E-state index in [2.05, 4.69) is 14.7 Å². The molecule has 0 aliphatic carbocycles. The predicted octanol–water partition coefficient (Wildman–Crippen LogP) is 2.49. The van der Waals surface area contributed by atoms with Crippen LogP contribution in [0, 0.1) is 12.1 Å². The van der Waals surface area contributed by atoms with Crippen molar-refractivity contribution in [2.45, 2.75) is 32.8 Å². The van der Waals surface area contributed by atoms with E-state index in [1.54, 1.807) is 38.2 Å². The minimum absolute atomic E-state index is 0.0425. The molecule has 3 aromatic heterocycles. The molecule has 1 fully saturated rings. The van der Waals surface area contributed by atoms with Crippen LogP contribution in [0.5, 0.6) is 5.88 Å². The first-order valence-corrected chi connectivity index (χ1v) is 11.5. The molecule has 0 amide bonds. The minimum atomic E-state index is -3.47. The summed E-state index contributed by atoms with van der Waals surface area (Å²) < 4.78 is 39.1. The lowest BCUT2D eigenvalue weighted by molar-refractivity contribution is -0.586. The van der Waals surface area contributed by atoms with Crippen LogP contribution >= 0.6 is 0 Å². The van der Waals surface area contributed by atoms with Crippen LogP contribution in [0.15, 0.2) is 30.6 Å². The van der Waals surface area contributed by atoms with Crippen LogP contribution in [0.4, 0.5) is 5.69 Å². The molecule has 0 radical (unpaired) electrons. The summed E-state index contributed by atoms with van der Waals surface area (Å²) in [6.45, 7) is 4.52. The Bertz CT molecular complexity index is 1170. The molecule has 4 heterocycles. The van der Waals surface area contributed by atoms with Crippen molar-refractivity contribution in [2.24, 2.45) is 0 Å². The molecule has 0 unspecified atom stereocenters. The summed E-state index contributed by atoms with van der Waals surface area (Å²) in [4.78, 5) is 7.39. The molecule has 30 heavy (non-hydrogen) atoms. The van der Waals surface area contributed by atoms with Crippen LogP contribution in [-0.4, -0.2) is 43.5 Å². The highest BCUT2D eigenvalue weighted by atomic mass is 32.2. The lowest BCUT2D eigenvalue weighted by Crippen LogP contribution is -2.31. The Morgan fingerprint density at radius 3 is 2.83 bits per heavy atom. The molecule has 10 heteroatoms. The van der Waals surface area contributed by atoms with Crippen LogP contribution in [0.2, 0.25) is 0 Å². The van der Waals surface area contributed by atoms with Gasteiger partial charge in [0.1, 0.15) is 11.8 Å². The van der Waals surface area contributed by atoms with E-state index in [-0.39, 0.29) is 11.9 Å². The lowest BCUT2D eigenvalue weighted by atomic mass is 10.0. The van der Waals surface area contributed by atoms with Crippen molar-refractivity contribution in [3.8, 4) is 17.0 Å². The third kappa shape index (κ3) is 4.05. The van der Waals surface area contributed by atoms with Crippen molar-refractivity contribution in [3.63, 3.8) is 0 Å². The topological polar surface area (TPSA) is 120 Å². The fourth-order valence-electron chi connectivity index (χ4n) is 3.49. The van der Waals surface area contributed by atoms with Gasteiger partial charge in [-0.3, -0.25) is 4.72 Å². The number of nitrogens with zero attached hydrogens (tertiary/aromatic N) is 2. The normalized spacial score (nSPS) is 15.4. The molecule has 160 valence electrons. The van der Waals surface area contributed by atoms with Crippen molar-refractivity contribution in [3.05, 3.63) is 41.5 Å². The van der Waals surface area contributed by atoms with Gasteiger partial charge in [0, 0.05) is 24.0 Å². The third-order valence-corrected chi connectivity index (χ3v) is 6.44. The highest BCUT2D eigenvalue weighted by molar-refractivity contribution is 7.92. The van der Waals surface area contributed by atoms with Gasteiger partial charge in [-0.25, -0.2) is 23.1 Å². The van der Waals surface area contributed by atoms with Gasteiger partial charge in [-0.15, -0.1) is 0 Å². The molecule has 0 atom stereocenters. The molecule has 0 aromatic carbocycles. The standard InChI is InChI=1S/C20H24N4O5S/c1-3-30(26,27)23-14-11-18(20(22-12-14)29-15-5-8-28-9-6-15)17-10-13(2)24(25)19-16(17)4-7-21-19/h4,7,10-12,15,21,23H,3,5-6,8-9H2,1-2H3. The van der Waals surface area contributed by atoms with E-state index >= 15 is 0 Å². The summed E-state index contributed by atoms with van der Waals surface area (Å²) in [6, 6.07) is 5.26. The van der Waals surface area contributed by atoms with Crippen molar-refractivity contribution in [1.82, 2.24) is 9.97 Å². The number of nitrogens with one attached hydrogen (secondary N) is 2. The van der Waals surface area contributed by atoms with Gasteiger partial charge < -0.3 is 14.7 Å². The van der Waals surface area contributed by atoms with Crippen molar-refractivity contribution in [1.29, 1.82) is 0 Å². The molecule has 0 saturated carbocycles. The number of anilines is 1. The van der Waals surface area contributed by atoms with Gasteiger partial charge in [0.05, 0.1) is 42.4 Å². The van der Waals surface area contributed by atoms with E-state index in [0.29, 0.717) is 47.1 Å². The van der Waals surface area contributed by atoms with E-state index in [4.69, 9.17) is 9.47 Å². The number of sulfonamides is 1. The van der Waals surface area contributed by atoms with Crippen LogP contribution < -0.4 is 14.2 Å². The molecule has 9 nitrogen and oxygen atoms in total. The quantitative estimate of drug-likeness (QED) is 0.456. The molecule has 0 spiro atoms. The average Bonchev–Trinajstić information content (AvgIpc) is 3.23. The molecular formula is C20H24N4O5S. The van der Waals surface area contributed by atoms with Gasteiger partial charge in [0.2, 0.25) is 15.9 Å². The molecular weight excluding hydrogens is 408 g/mol. The van der Waals surface area contributed by atoms with E-state index in [0.717, 1.165) is 23.1 Å². The second-order valence-corrected chi connectivity index (χ2v) is 9.26. The van der Waals surface area contributed by atoms with Crippen LogP contribution in [-0.2, 0) is 14.8 Å². The number of fused-ring (bicyclic) bond motifs is 1. The Morgan fingerprint density at radius 2 is 2.10 bits per heavy atom. The lowest BCUT2D eigenvalue weighted by Gasteiger charge is -2.24. The second kappa shape index (κ2) is 8.11. The zero-order valence-corrected chi connectivity index (χ0v) is 17.7. The van der Waals surface area contributed by atoms with E-state index in [1.165, 1.54) is 6.20 Å². The predicted molar refractivity (Wildman–Crippen MR) is 113 cm³/mol. The minimum Gasteiger partial charge on any atom is -0.710 e. The Kier molecular flexibility index (Phi) is 5.52. The first-order chi connectivity index (χ1) is 14.4. The van der Waals surface area contributed by atoms with Gasteiger partial charge in [-0.2, -0.15) is 0 Å². The smallest absolute Gasteiger partial charge is 0.290 e. The van der Waals surface area contributed by atoms with Crippen LogP contribution in [0.3, 0.4) is 0 Å². The maximum absolute atomic E-state index is 12.4. The summed E-state index contributed by atoms with van der Waals surface area (Å²) in [6.07, 6.45) is 4.60. The summed E-state index contributed by atoms with van der Waals surface area (Å²) in [5, 5.41) is 13.1. The number of ether oxygens (including phenoxy) is 2. The zero-order valence-electron chi connectivity index (χ0n) is 16.8. The van der Waals surface area contributed by atoms with Gasteiger partial charge in [0.15, 0.2) is 0 Å². The first kappa shape index (κ1) is 20.4. The summed E-state index contributed by atoms with van der Waals surface area (Å²) in [5.41, 5.74) is 2.61. The third-order valence-electron chi connectivity index (χ3n) is 5.13. The molecule has 2 N–H and O–H groups in total. The van der Waals surface area contributed by atoms with Gasteiger partial charge in [0.25, 0.3) is 5.65 Å². The molecule has 0 bridgehead atoms. The zero-order chi connectivity index (χ0) is 21.3. The molecule has 1 aliphatic heterocycles. The first-order valence-electron chi connectivity index (χ1n) is 9.83. The number of hydrogen-bond acceptors (Lipinski definition) is 6. The highest BCUT2D eigenvalue weighted by Crippen LogP contribution is 2.36. The molecule has 1 saturated heterocycles. The fraction of sp³-hybridized carbons (Fsp3) is 0.400. The SMILES string of the molecule is CCS(=O)(=O)Nc1cnc(OC2CCOCC2)c(-c2cc(C)[n+]([O-])c3[nH]ccc23)c1. The Labute approximate surface area is 174 Å². The van der Waals surface area contributed by atoms with Crippen LogP contribution in [0.25, 0.3) is 22.2 Å². The number of aromatic amines is 1. The maximum Gasteiger partial charge on any atom is 0.290 e. The largest absolute Gasteiger partial charge is 0.710 e. The van der Waals surface area contributed by atoms with Gasteiger partial charge >= 0.3 is 0 Å². The Morgan fingerprint density at radius 1 is 1.33 bits per heavy atom. The summed E-state index contributed by atoms with van der Waals surface area (Å²) in [5.74, 6) is 0.345. The number of pyridine rings is 2. The Hall–Kier alpha value is -2.85. The van der Waals surface area contributed by atoms with E-state index < -0.39 is 10.0 Å². The van der Waals surface area contributed by atoms with Crippen molar-refractivity contribution < 1.29 is 22.6 Å². The second-order valence-electron chi connectivity index (χ2n) is 7.25. The molecule has 4 rings (SSSR count). The highest BCUT2D eigenvalue weighted by Gasteiger charge is 2.22. The molecule has 3 aromatic rings. The van der Waals surface area contributed by atoms with Crippen molar-refractivity contribution >= 4 is 26.7 Å². The monoisotopic (exact) mass is 432 g/mol. The summed E-state index contributed by atoms with van der Waals surface area (Å²) >= 11 is 0. The van der Waals surface area contributed by atoms with E-state index in [1.807, 2.05) is 0 Å².